The Morgan fingerprint density at radius 2 is 1.27 bits per heavy atom. The van der Waals surface area contributed by atoms with Gasteiger partial charge in [-0.3, -0.25) is 4.79 Å². The predicted molar refractivity (Wildman–Crippen MR) is 161 cm³/mol. The van der Waals surface area contributed by atoms with E-state index in [2.05, 4.69) is 44.8 Å². The highest BCUT2D eigenvalue weighted by Crippen LogP contribution is 2.34. The van der Waals surface area contributed by atoms with Crippen molar-refractivity contribution in [3.63, 3.8) is 0 Å². The van der Waals surface area contributed by atoms with Crippen LogP contribution in [0.4, 0.5) is 9.59 Å². The van der Waals surface area contributed by atoms with Crippen molar-refractivity contribution in [3.8, 4) is 0 Å². The first kappa shape index (κ1) is 31.4. The highest BCUT2D eigenvalue weighted by atomic mass is 79.9. The zero-order valence-corrected chi connectivity index (χ0v) is 26.1. The second-order valence-electron chi connectivity index (χ2n) is 12.2. The summed E-state index contributed by atoms with van der Waals surface area (Å²) >= 11 is 3.46. The summed E-state index contributed by atoms with van der Waals surface area (Å²) in [5, 5.41) is 5.86. The van der Waals surface area contributed by atoms with Gasteiger partial charge in [0.1, 0.15) is 11.2 Å². The molecule has 2 aromatic rings. The number of hydrogen-bond acceptors (Lipinski definition) is 5. The standard InChI is InChI=1S/C18H23NO3.C14H18BrNO2/c1-12(20)5-6-13-7-9-15-14(11-13)8-10-16(15)19-17(21)22-18(2,3)4;1-14(2,3)18-13(17)16-12-7-4-9-8-10(15)5-6-11(9)12/h5-7,9,11,16H,8,10H2,1-4H3,(H,19,21);5-6,8,12H,4,7H2,1-3H3,(H,16,17)/b6-5+;. The fourth-order valence-corrected chi connectivity index (χ4v) is 5.15. The molecule has 4 rings (SSSR count). The molecule has 216 valence electrons. The van der Waals surface area contributed by atoms with Crippen molar-refractivity contribution in [1.29, 1.82) is 0 Å². The molecule has 2 atom stereocenters. The molecular weight excluding hydrogens is 572 g/mol. The van der Waals surface area contributed by atoms with E-state index in [-0.39, 0.29) is 30.1 Å². The van der Waals surface area contributed by atoms with E-state index in [1.165, 1.54) is 23.6 Å². The molecule has 0 saturated carbocycles. The molecule has 0 spiro atoms. The fraction of sp³-hybridized carbons (Fsp3) is 0.469. The average molecular weight is 614 g/mol. The summed E-state index contributed by atoms with van der Waals surface area (Å²) in [4.78, 5) is 34.6. The van der Waals surface area contributed by atoms with E-state index in [0.717, 1.165) is 41.3 Å². The van der Waals surface area contributed by atoms with Crippen LogP contribution < -0.4 is 10.6 Å². The molecule has 0 aromatic heterocycles. The maximum Gasteiger partial charge on any atom is 0.408 e. The molecule has 2 aliphatic carbocycles. The van der Waals surface area contributed by atoms with Gasteiger partial charge in [-0.2, -0.15) is 0 Å². The lowest BCUT2D eigenvalue weighted by molar-refractivity contribution is -0.112. The molecule has 0 aliphatic heterocycles. The van der Waals surface area contributed by atoms with Gasteiger partial charge >= 0.3 is 12.2 Å². The van der Waals surface area contributed by atoms with Crippen LogP contribution in [-0.2, 0) is 27.1 Å². The maximum atomic E-state index is 11.9. The van der Waals surface area contributed by atoms with Crippen molar-refractivity contribution < 1.29 is 23.9 Å². The Hall–Kier alpha value is -3.13. The van der Waals surface area contributed by atoms with Crippen LogP contribution >= 0.6 is 15.9 Å². The van der Waals surface area contributed by atoms with Gasteiger partial charge in [-0.05, 0) is 120 Å². The predicted octanol–water partition coefficient (Wildman–Crippen LogP) is 7.76. The minimum Gasteiger partial charge on any atom is -0.444 e. The molecule has 2 amide bonds. The summed E-state index contributed by atoms with van der Waals surface area (Å²) in [5.74, 6) is 0.0324. The van der Waals surface area contributed by atoms with E-state index < -0.39 is 11.2 Å². The maximum absolute atomic E-state index is 11.9. The first-order chi connectivity index (χ1) is 18.6. The molecule has 8 heteroatoms. The second kappa shape index (κ2) is 13.0. The number of carbonyl (C=O) groups excluding carboxylic acids is 3. The number of ether oxygens (including phenoxy) is 2. The smallest absolute Gasteiger partial charge is 0.408 e. The van der Waals surface area contributed by atoms with Crippen molar-refractivity contribution in [3.05, 3.63) is 74.8 Å². The van der Waals surface area contributed by atoms with Gasteiger partial charge in [-0.25, -0.2) is 9.59 Å². The third kappa shape index (κ3) is 9.81. The lowest BCUT2D eigenvalue weighted by atomic mass is 10.0. The Morgan fingerprint density at radius 3 is 1.75 bits per heavy atom. The number of halogens is 1. The van der Waals surface area contributed by atoms with Gasteiger partial charge in [-0.15, -0.1) is 0 Å². The number of aryl methyl sites for hydroxylation is 2. The summed E-state index contributed by atoms with van der Waals surface area (Å²) in [6.07, 6.45) is 6.37. The van der Waals surface area contributed by atoms with E-state index in [4.69, 9.17) is 9.47 Å². The van der Waals surface area contributed by atoms with Gasteiger partial charge in [0.05, 0.1) is 12.1 Å². The van der Waals surface area contributed by atoms with E-state index in [1.807, 2.05) is 65.8 Å². The van der Waals surface area contributed by atoms with Crippen LogP contribution in [0.3, 0.4) is 0 Å². The minimum absolute atomic E-state index is 0.00399. The van der Waals surface area contributed by atoms with Gasteiger partial charge in [0, 0.05) is 4.47 Å². The number of carbonyl (C=O) groups is 3. The summed E-state index contributed by atoms with van der Waals surface area (Å²) < 4.78 is 11.7. The molecule has 7 nitrogen and oxygen atoms in total. The Labute approximate surface area is 246 Å². The summed E-state index contributed by atoms with van der Waals surface area (Å²) in [6, 6.07) is 12.3. The number of benzene rings is 2. The molecule has 0 radical (unpaired) electrons. The molecule has 0 saturated heterocycles. The molecule has 2 aromatic carbocycles. The molecule has 0 fully saturated rings. The van der Waals surface area contributed by atoms with Crippen molar-refractivity contribution in [2.24, 2.45) is 0 Å². The summed E-state index contributed by atoms with van der Waals surface area (Å²) in [7, 11) is 0. The zero-order valence-electron chi connectivity index (χ0n) is 24.5. The van der Waals surface area contributed by atoms with Crippen molar-refractivity contribution in [2.75, 3.05) is 0 Å². The average Bonchev–Trinajstić information content (AvgIpc) is 3.38. The Morgan fingerprint density at radius 1 is 0.800 bits per heavy atom. The van der Waals surface area contributed by atoms with Crippen LogP contribution in [0.2, 0.25) is 0 Å². The lowest BCUT2D eigenvalue weighted by Gasteiger charge is -2.22. The first-order valence-electron chi connectivity index (χ1n) is 13.7. The highest BCUT2D eigenvalue weighted by Gasteiger charge is 2.27. The zero-order chi connectivity index (χ0) is 29.7. The number of allylic oxidation sites excluding steroid dienone is 1. The van der Waals surface area contributed by atoms with Crippen LogP contribution in [-0.4, -0.2) is 29.2 Å². The monoisotopic (exact) mass is 612 g/mol. The highest BCUT2D eigenvalue weighted by molar-refractivity contribution is 9.10. The van der Waals surface area contributed by atoms with Crippen LogP contribution in [0, 0.1) is 0 Å². The number of rotatable bonds is 4. The third-order valence-corrected chi connectivity index (χ3v) is 6.81. The van der Waals surface area contributed by atoms with Crippen molar-refractivity contribution in [1.82, 2.24) is 10.6 Å². The molecular formula is C32H41BrN2O5. The Balaban J connectivity index is 0.000000225. The quantitative estimate of drug-likeness (QED) is 0.344. The second-order valence-corrected chi connectivity index (χ2v) is 13.1. The van der Waals surface area contributed by atoms with Crippen LogP contribution in [0.5, 0.6) is 0 Å². The normalized spacial score (nSPS) is 17.8. The fourth-order valence-electron chi connectivity index (χ4n) is 4.74. The molecule has 2 aliphatic rings. The molecule has 0 heterocycles. The number of amides is 2. The van der Waals surface area contributed by atoms with E-state index in [0.29, 0.717) is 0 Å². The van der Waals surface area contributed by atoms with Gasteiger partial charge in [0.2, 0.25) is 0 Å². The summed E-state index contributed by atoms with van der Waals surface area (Å²) in [5.41, 5.74) is 4.90. The lowest BCUT2D eigenvalue weighted by Crippen LogP contribution is -2.34. The van der Waals surface area contributed by atoms with Crippen LogP contribution in [0.15, 0.2) is 46.9 Å². The Kier molecular flexibility index (Phi) is 10.2. The minimum atomic E-state index is -0.493. The van der Waals surface area contributed by atoms with Crippen LogP contribution in [0.1, 0.15) is 101 Å². The largest absolute Gasteiger partial charge is 0.444 e. The number of alkyl carbamates (subject to hydrolysis) is 2. The van der Waals surface area contributed by atoms with Gasteiger partial charge in [-0.1, -0.05) is 46.3 Å². The third-order valence-electron chi connectivity index (χ3n) is 6.32. The SMILES string of the molecule is CC(=O)/C=C/c1ccc2c(c1)CCC2NC(=O)OC(C)(C)C.CC(C)(C)OC(=O)NC1CCc2cc(Br)ccc21. The summed E-state index contributed by atoms with van der Waals surface area (Å²) in [6.45, 7) is 12.7. The Bertz CT molecular complexity index is 1270. The molecule has 40 heavy (non-hydrogen) atoms. The van der Waals surface area contributed by atoms with Gasteiger partial charge < -0.3 is 20.1 Å². The topological polar surface area (TPSA) is 93.7 Å². The number of nitrogens with one attached hydrogen (secondary N) is 2. The number of fused-ring (bicyclic) bond motifs is 2. The van der Waals surface area contributed by atoms with Gasteiger partial charge in [0.25, 0.3) is 0 Å². The first-order valence-corrected chi connectivity index (χ1v) is 14.5. The van der Waals surface area contributed by atoms with Crippen molar-refractivity contribution >= 4 is 40.0 Å². The van der Waals surface area contributed by atoms with E-state index in [1.54, 1.807) is 6.08 Å². The van der Waals surface area contributed by atoms with Gasteiger partial charge in [0.15, 0.2) is 5.78 Å². The van der Waals surface area contributed by atoms with Crippen LogP contribution in [0.25, 0.3) is 6.08 Å². The van der Waals surface area contributed by atoms with E-state index >= 15 is 0 Å². The molecule has 2 unspecified atom stereocenters. The van der Waals surface area contributed by atoms with Crippen molar-refractivity contribution in [2.45, 2.75) is 97.4 Å². The van der Waals surface area contributed by atoms with E-state index in [9.17, 15) is 14.4 Å². The molecule has 0 bridgehead atoms. The number of ketones is 1. The number of hydrogen-bond donors (Lipinski definition) is 2. The molecule has 2 N–H and O–H groups in total.